The van der Waals surface area contributed by atoms with Crippen molar-refractivity contribution in [1.82, 2.24) is 5.32 Å². The van der Waals surface area contributed by atoms with Crippen molar-refractivity contribution in [2.24, 2.45) is 23.5 Å². The largest absolute Gasteiger partial charge is 0.353 e. The number of amides is 1. The summed E-state index contributed by atoms with van der Waals surface area (Å²) in [5.74, 6) is 1.49. The summed E-state index contributed by atoms with van der Waals surface area (Å²) in [5.41, 5.74) is 7.26. The van der Waals surface area contributed by atoms with Crippen molar-refractivity contribution in [2.45, 2.75) is 44.7 Å². The minimum Gasteiger partial charge on any atom is -0.353 e. The average molecular weight is 309 g/mol. The lowest BCUT2D eigenvalue weighted by atomic mass is 9.92. The molecule has 0 aliphatic heterocycles. The third-order valence-corrected chi connectivity index (χ3v) is 5.20. The molecule has 2 aliphatic carbocycles. The number of nitrogens with one attached hydrogen (secondary N) is 1. The average Bonchev–Trinajstić information content (AvgIpc) is 3.09. The van der Waals surface area contributed by atoms with Crippen LogP contribution < -0.4 is 11.1 Å². The number of nitrogens with two attached hydrogens (primary N) is 1. The number of rotatable bonds is 4. The van der Waals surface area contributed by atoms with Gasteiger partial charge in [-0.3, -0.25) is 4.79 Å². The zero-order chi connectivity index (χ0) is 14.1. The molecule has 0 radical (unpaired) electrons. The van der Waals surface area contributed by atoms with E-state index in [1.807, 2.05) is 37.3 Å². The first-order valence-electron chi connectivity index (χ1n) is 7.76. The molecule has 0 saturated heterocycles. The van der Waals surface area contributed by atoms with Crippen LogP contribution in [0.2, 0.25) is 0 Å². The van der Waals surface area contributed by atoms with Gasteiger partial charge in [0.25, 0.3) is 0 Å². The first-order valence-corrected chi connectivity index (χ1v) is 7.76. The van der Waals surface area contributed by atoms with Gasteiger partial charge in [0.05, 0.1) is 5.92 Å². The molecule has 1 aromatic rings. The molecule has 1 aromatic carbocycles. The smallest absolute Gasteiger partial charge is 0.224 e. The molecule has 3 nitrogen and oxygen atoms in total. The molecule has 4 heteroatoms. The molecule has 2 bridgehead atoms. The van der Waals surface area contributed by atoms with Gasteiger partial charge < -0.3 is 11.1 Å². The third-order valence-electron chi connectivity index (χ3n) is 5.20. The number of carbonyl (C=O) groups is 1. The number of carbonyl (C=O) groups excluding carboxylic acids is 1. The van der Waals surface area contributed by atoms with Gasteiger partial charge in [0, 0.05) is 12.1 Å². The van der Waals surface area contributed by atoms with Gasteiger partial charge in [0.1, 0.15) is 0 Å². The van der Waals surface area contributed by atoms with E-state index in [0.717, 1.165) is 11.5 Å². The van der Waals surface area contributed by atoms with Crippen LogP contribution in [0.25, 0.3) is 0 Å². The van der Waals surface area contributed by atoms with Gasteiger partial charge in [-0.2, -0.15) is 0 Å². The van der Waals surface area contributed by atoms with Crippen molar-refractivity contribution in [3.63, 3.8) is 0 Å². The summed E-state index contributed by atoms with van der Waals surface area (Å²) in [4.78, 5) is 12.4. The maximum absolute atomic E-state index is 12.4. The van der Waals surface area contributed by atoms with Crippen LogP contribution >= 0.6 is 12.4 Å². The van der Waals surface area contributed by atoms with Crippen LogP contribution in [0.4, 0.5) is 0 Å². The Morgan fingerprint density at radius 1 is 1.24 bits per heavy atom. The van der Waals surface area contributed by atoms with Crippen LogP contribution in [0, 0.1) is 17.8 Å². The Bertz CT molecular complexity index is 479. The molecular weight excluding hydrogens is 284 g/mol. The van der Waals surface area contributed by atoms with Crippen molar-refractivity contribution in [2.75, 3.05) is 0 Å². The van der Waals surface area contributed by atoms with Crippen molar-refractivity contribution in [3.05, 3.63) is 35.9 Å². The van der Waals surface area contributed by atoms with E-state index in [-0.39, 0.29) is 30.3 Å². The highest BCUT2D eigenvalue weighted by Gasteiger charge is 2.40. The molecule has 2 fully saturated rings. The maximum Gasteiger partial charge on any atom is 0.224 e. The Labute approximate surface area is 133 Å². The van der Waals surface area contributed by atoms with Crippen LogP contribution in [-0.4, -0.2) is 11.9 Å². The van der Waals surface area contributed by atoms with Gasteiger partial charge in [-0.25, -0.2) is 0 Å². The fourth-order valence-corrected chi connectivity index (χ4v) is 3.86. The fraction of sp³-hybridized carbons (Fsp3) is 0.588. The molecule has 5 unspecified atom stereocenters. The Morgan fingerprint density at radius 2 is 1.95 bits per heavy atom. The molecule has 116 valence electrons. The normalized spacial score (nSPS) is 29.5. The van der Waals surface area contributed by atoms with Crippen molar-refractivity contribution in [1.29, 1.82) is 0 Å². The van der Waals surface area contributed by atoms with E-state index in [1.54, 1.807) is 0 Å². The summed E-state index contributed by atoms with van der Waals surface area (Å²) in [6, 6.07) is 10.1. The molecule has 2 aliphatic rings. The zero-order valence-electron chi connectivity index (χ0n) is 12.5. The molecule has 3 N–H and O–H groups in total. The molecule has 3 rings (SSSR count). The lowest BCUT2D eigenvalue weighted by Crippen LogP contribution is -2.43. The SMILES string of the molecule is CC(C(=O)NC1CC2CCC1C2)C(N)c1ccccc1.Cl. The van der Waals surface area contributed by atoms with Gasteiger partial charge >= 0.3 is 0 Å². The Morgan fingerprint density at radius 3 is 2.52 bits per heavy atom. The molecule has 0 heterocycles. The maximum atomic E-state index is 12.4. The quantitative estimate of drug-likeness (QED) is 0.898. The summed E-state index contributed by atoms with van der Waals surface area (Å²) in [6.07, 6.45) is 5.12. The van der Waals surface area contributed by atoms with E-state index < -0.39 is 0 Å². The summed E-state index contributed by atoms with van der Waals surface area (Å²) in [6.45, 7) is 1.93. The first-order chi connectivity index (χ1) is 9.65. The molecule has 0 spiro atoms. The van der Waals surface area contributed by atoms with Crippen molar-refractivity contribution in [3.8, 4) is 0 Å². The predicted octanol–water partition coefficient (Wildman–Crippen LogP) is 3.05. The number of hydrogen-bond acceptors (Lipinski definition) is 2. The Kier molecular flexibility index (Phi) is 5.28. The summed E-state index contributed by atoms with van der Waals surface area (Å²) >= 11 is 0. The second-order valence-electron chi connectivity index (χ2n) is 6.52. The van der Waals surface area contributed by atoms with E-state index in [4.69, 9.17) is 5.73 Å². The van der Waals surface area contributed by atoms with Crippen LogP contribution in [0.3, 0.4) is 0 Å². The Hall–Kier alpha value is -1.06. The summed E-state index contributed by atoms with van der Waals surface area (Å²) in [7, 11) is 0. The minimum absolute atomic E-state index is 0. The standard InChI is InChI=1S/C17H24N2O.ClH/c1-11(16(18)13-5-3-2-4-6-13)17(20)19-15-10-12-7-8-14(15)9-12;/h2-6,11-12,14-16H,7-10,18H2,1H3,(H,19,20);1H. The zero-order valence-corrected chi connectivity index (χ0v) is 13.3. The van der Waals surface area contributed by atoms with E-state index >= 15 is 0 Å². The van der Waals surface area contributed by atoms with Gasteiger partial charge in [0.15, 0.2) is 0 Å². The molecule has 2 saturated carbocycles. The highest BCUT2D eigenvalue weighted by Crippen LogP contribution is 2.44. The Balaban J connectivity index is 0.00000161. The highest BCUT2D eigenvalue weighted by molar-refractivity contribution is 5.85. The number of hydrogen-bond donors (Lipinski definition) is 2. The van der Waals surface area contributed by atoms with E-state index in [1.165, 1.54) is 25.7 Å². The molecule has 21 heavy (non-hydrogen) atoms. The molecular formula is C17H25ClN2O. The lowest BCUT2D eigenvalue weighted by molar-refractivity contribution is -0.126. The monoisotopic (exact) mass is 308 g/mol. The molecule has 1 amide bonds. The second-order valence-corrected chi connectivity index (χ2v) is 6.52. The van der Waals surface area contributed by atoms with Gasteiger partial charge in [-0.05, 0) is 36.7 Å². The predicted molar refractivity (Wildman–Crippen MR) is 87.2 cm³/mol. The third kappa shape index (κ3) is 3.41. The van der Waals surface area contributed by atoms with E-state index in [9.17, 15) is 4.79 Å². The summed E-state index contributed by atoms with van der Waals surface area (Å²) < 4.78 is 0. The van der Waals surface area contributed by atoms with E-state index in [2.05, 4.69) is 5.32 Å². The summed E-state index contributed by atoms with van der Waals surface area (Å²) in [5, 5.41) is 3.24. The first kappa shape index (κ1) is 16.3. The highest BCUT2D eigenvalue weighted by atomic mass is 35.5. The minimum atomic E-state index is -0.227. The fourth-order valence-electron chi connectivity index (χ4n) is 3.86. The topological polar surface area (TPSA) is 55.1 Å². The van der Waals surface area contributed by atoms with Crippen LogP contribution in [0.1, 0.15) is 44.2 Å². The number of fused-ring (bicyclic) bond motifs is 2. The van der Waals surface area contributed by atoms with Crippen LogP contribution in [-0.2, 0) is 4.79 Å². The second kappa shape index (κ2) is 6.80. The van der Waals surface area contributed by atoms with Crippen molar-refractivity contribution < 1.29 is 4.79 Å². The van der Waals surface area contributed by atoms with Gasteiger partial charge in [-0.1, -0.05) is 43.7 Å². The number of benzene rings is 1. The van der Waals surface area contributed by atoms with E-state index in [0.29, 0.717) is 12.0 Å². The molecule has 5 atom stereocenters. The van der Waals surface area contributed by atoms with Gasteiger partial charge in [-0.15, -0.1) is 12.4 Å². The van der Waals surface area contributed by atoms with Crippen LogP contribution in [0.15, 0.2) is 30.3 Å². The van der Waals surface area contributed by atoms with Gasteiger partial charge in [0.2, 0.25) is 5.91 Å². The van der Waals surface area contributed by atoms with Crippen LogP contribution in [0.5, 0.6) is 0 Å². The number of halogens is 1. The molecule has 0 aromatic heterocycles. The lowest BCUT2D eigenvalue weighted by Gasteiger charge is -2.26. The van der Waals surface area contributed by atoms with Crippen molar-refractivity contribution >= 4 is 18.3 Å².